The lowest BCUT2D eigenvalue weighted by molar-refractivity contribution is 0.0526. The number of H-pyrrole nitrogens is 1. The average molecular weight is 357 g/mol. The zero-order chi connectivity index (χ0) is 17.9. The maximum Gasteiger partial charge on any atom is 0.216 e. The molecule has 3 N–H and O–H groups in total. The maximum absolute atomic E-state index is 5.32. The Kier molecular flexibility index (Phi) is 4.92. The van der Waals surface area contributed by atoms with Crippen LogP contribution in [0.25, 0.3) is 11.6 Å². The van der Waals surface area contributed by atoms with Crippen LogP contribution < -0.4 is 10.6 Å². The number of hydrogen-bond donors (Lipinski definition) is 3. The molecule has 4 heterocycles. The molecule has 2 aliphatic rings. The monoisotopic (exact) mass is 357 g/mol. The molecule has 26 heavy (non-hydrogen) atoms. The van der Waals surface area contributed by atoms with E-state index in [-0.39, 0.29) is 0 Å². The van der Waals surface area contributed by atoms with Crippen molar-refractivity contribution in [3.05, 3.63) is 24.2 Å². The maximum atomic E-state index is 5.32. The Labute approximate surface area is 153 Å². The molecular formula is C18H27N7O. The van der Waals surface area contributed by atoms with Gasteiger partial charge in [0.2, 0.25) is 5.82 Å². The van der Waals surface area contributed by atoms with E-state index >= 15 is 0 Å². The largest absolute Gasteiger partial charge is 0.461 e. The summed E-state index contributed by atoms with van der Waals surface area (Å²) in [5, 5.41) is 14.1. The first-order valence-electron chi connectivity index (χ1n) is 9.37. The first kappa shape index (κ1) is 17.1. The molecule has 2 fully saturated rings. The van der Waals surface area contributed by atoms with Crippen LogP contribution in [0, 0.1) is 0 Å². The summed E-state index contributed by atoms with van der Waals surface area (Å²) >= 11 is 0. The van der Waals surface area contributed by atoms with E-state index in [4.69, 9.17) is 4.42 Å². The number of furan rings is 1. The van der Waals surface area contributed by atoms with Crippen LogP contribution in [0.2, 0.25) is 0 Å². The molecule has 2 saturated heterocycles. The summed E-state index contributed by atoms with van der Waals surface area (Å²) in [6.45, 7) is 0.535. The van der Waals surface area contributed by atoms with E-state index in [0.29, 0.717) is 36.3 Å². The molecule has 2 aromatic heterocycles. The Morgan fingerprint density at radius 3 is 2.88 bits per heavy atom. The van der Waals surface area contributed by atoms with Gasteiger partial charge in [-0.25, -0.2) is 4.98 Å². The van der Waals surface area contributed by atoms with Gasteiger partial charge < -0.3 is 20.0 Å². The lowest BCUT2D eigenvalue weighted by Gasteiger charge is -2.47. The molecule has 4 rings (SSSR count). The Hall–Kier alpha value is -2.35. The van der Waals surface area contributed by atoms with Gasteiger partial charge in [0.05, 0.1) is 12.8 Å². The van der Waals surface area contributed by atoms with Crippen molar-refractivity contribution in [2.24, 2.45) is 4.99 Å². The summed E-state index contributed by atoms with van der Waals surface area (Å²) in [5.74, 6) is 2.79. The Balaban J connectivity index is 1.31. The van der Waals surface area contributed by atoms with Gasteiger partial charge in [-0.05, 0) is 44.9 Å². The fourth-order valence-electron chi connectivity index (χ4n) is 4.18. The quantitative estimate of drug-likeness (QED) is 0.570. The van der Waals surface area contributed by atoms with Crippen LogP contribution in [0.1, 0.15) is 37.9 Å². The Bertz CT molecular complexity index is 725. The highest BCUT2D eigenvalue weighted by Gasteiger charge is 2.36. The van der Waals surface area contributed by atoms with E-state index in [1.54, 1.807) is 13.3 Å². The van der Waals surface area contributed by atoms with Gasteiger partial charge in [0.25, 0.3) is 0 Å². The third-order valence-corrected chi connectivity index (χ3v) is 5.60. The second-order valence-electron chi connectivity index (χ2n) is 7.23. The SMILES string of the molecule is CN=C(NCc1nc(-c2ccco2)n[nH]1)NC1CC2CCCC(C1)N2C. The average Bonchev–Trinajstić information content (AvgIpc) is 3.30. The van der Waals surface area contributed by atoms with Gasteiger partial charge in [-0.15, -0.1) is 5.10 Å². The summed E-state index contributed by atoms with van der Waals surface area (Å²) in [6, 6.07) is 5.54. The molecule has 140 valence electrons. The van der Waals surface area contributed by atoms with Crippen molar-refractivity contribution in [2.45, 2.75) is 56.8 Å². The number of guanidine groups is 1. The van der Waals surface area contributed by atoms with E-state index in [9.17, 15) is 0 Å². The minimum absolute atomic E-state index is 0.473. The zero-order valence-corrected chi connectivity index (χ0v) is 15.4. The van der Waals surface area contributed by atoms with Gasteiger partial charge in [-0.1, -0.05) is 6.42 Å². The van der Waals surface area contributed by atoms with Gasteiger partial charge in [0.1, 0.15) is 5.82 Å². The molecule has 2 atom stereocenters. The summed E-state index contributed by atoms with van der Waals surface area (Å²) in [6.07, 6.45) is 7.96. The topological polar surface area (TPSA) is 94.4 Å². The van der Waals surface area contributed by atoms with Crippen molar-refractivity contribution in [2.75, 3.05) is 14.1 Å². The molecule has 8 heteroatoms. The second kappa shape index (κ2) is 7.49. The van der Waals surface area contributed by atoms with Crippen LogP contribution in [0.4, 0.5) is 0 Å². The third kappa shape index (κ3) is 3.60. The number of nitrogens with zero attached hydrogens (tertiary/aromatic N) is 4. The van der Waals surface area contributed by atoms with E-state index in [1.165, 1.54) is 32.1 Å². The molecule has 2 bridgehead atoms. The molecule has 2 unspecified atom stereocenters. The van der Waals surface area contributed by atoms with E-state index in [1.807, 2.05) is 12.1 Å². The zero-order valence-electron chi connectivity index (χ0n) is 15.4. The predicted molar refractivity (Wildman–Crippen MR) is 99.6 cm³/mol. The fraction of sp³-hybridized carbons (Fsp3) is 0.611. The lowest BCUT2D eigenvalue weighted by atomic mass is 9.82. The summed E-state index contributed by atoms with van der Waals surface area (Å²) in [7, 11) is 4.08. The van der Waals surface area contributed by atoms with Crippen molar-refractivity contribution >= 4 is 5.96 Å². The summed E-state index contributed by atoms with van der Waals surface area (Å²) in [4.78, 5) is 11.4. The standard InChI is InChI=1S/C18H27N7O/c1-19-18(21-12-9-13-5-3-6-14(10-12)25(13)2)20-11-16-22-17(24-23-16)15-7-4-8-26-15/h4,7-8,12-14H,3,5-6,9-11H2,1-2H3,(H2,19,20,21)(H,22,23,24). The van der Waals surface area contributed by atoms with E-state index in [2.05, 4.69) is 42.8 Å². The van der Waals surface area contributed by atoms with Crippen molar-refractivity contribution in [3.8, 4) is 11.6 Å². The minimum atomic E-state index is 0.473. The molecule has 2 aliphatic heterocycles. The molecule has 0 spiro atoms. The smallest absolute Gasteiger partial charge is 0.216 e. The van der Waals surface area contributed by atoms with Crippen molar-refractivity contribution in [1.29, 1.82) is 0 Å². The highest BCUT2D eigenvalue weighted by Crippen LogP contribution is 2.32. The second-order valence-corrected chi connectivity index (χ2v) is 7.23. The normalized spacial score (nSPS) is 26.7. The van der Waals surface area contributed by atoms with Crippen molar-refractivity contribution in [3.63, 3.8) is 0 Å². The van der Waals surface area contributed by atoms with Gasteiger partial charge in [0, 0.05) is 25.2 Å². The van der Waals surface area contributed by atoms with Gasteiger partial charge in [-0.2, -0.15) is 0 Å². The molecule has 0 aliphatic carbocycles. The van der Waals surface area contributed by atoms with Crippen LogP contribution >= 0.6 is 0 Å². The highest BCUT2D eigenvalue weighted by molar-refractivity contribution is 5.79. The number of nitrogens with one attached hydrogen (secondary N) is 3. The molecule has 0 aromatic carbocycles. The lowest BCUT2D eigenvalue weighted by Crippen LogP contribution is -2.56. The summed E-state index contributed by atoms with van der Waals surface area (Å²) < 4.78 is 5.32. The van der Waals surface area contributed by atoms with Crippen LogP contribution in [-0.4, -0.2) is 58.3 Å². The van der Waals surface area contributed by atoms with Gasteiger partial charge >= 0.3 is 0 Å². The number of piperidine rings is 2. The molecule has 0 amide bonds. The number of aromatic amines is 1. The molecule has 8 nitrogen and oxygen atoms in total. The Morgan fingerprint density at radius 2 is 2.19 bits per heavy atom. The van der Waals surface area contributed by atoms with Crippen molar-refractivity contribution in [1.82, 2.24) is 30.7 Å². The third-order valence-electron chi connectivity index (χ3n) is 5.60. The molecule has 0 saturated carbocycles. The molecule has 2 aromatic rings. The van der Waals surface area contributed by atoms with Crippen LogP contribution in [-0.2, 0) is 6.54 Å². The number of aromatic nitrogens is 3. The highest BCUT2D eigenvalue weighted by atomic mass is 16.3. The number of rotatable bonds is 4. The van der Waals surface area contributed by atoms with Gasteiger partial charge in [0.15, 0.2) is 11.7 Å². The number of aliphatic imine (C=N–C) groups is 1. The summed E-state index contributed by atoms with van der Waals surface area (Å²) in [5.41, 5.74) is 0. The van der Waals surface area contributed by atoms with E-state index in [0.717, 1.165) is 11.8 Å². The van der Waals surface area contributed by atoms with E-state index < -0.39 is 0 Å². The van der Waals surface area contributed by atoms with Crippen LogP contribution in [0.5, 0.6) is 0 Å². The Morgan fingerprint density at radius 1 is 1.38 bits per heavy atom. The van der Waals surface area contributed by atoms with Gasteiger partial charge in [-0.3, -0.25) is 10.1 Å². The number of fused-ring (bicyclic) bond motifs is 2. The first-order valence-corrected chi connectivity index (χ1v) is 9.37. The fourth-order valence-corrected chi connectivity index (χ4v) is 4.18. The van der Waals surface area contributed by atoms with Crippen molar-refractivity contribution < 1.29 is 4.42 Å². The molecular weight excluding hydrogens is 330 g/mol. The van der Waals surface area contributed by atoms with Crippen LogP contribution in [0.3, 0.4) is 0 Å². The van der Waals surface area contributed by atoms with Crippen LogP contribution in [0.15, 0.2) is 27.8 Å². The molecule has 0 radical (unpaired) electrons. The first-order chi connectivity index (χ1) is 12.7. The number of hydrogen-bond acceptors (Lipinski definition) is 5. The minimum Gasteiger partial charge on any atom is -0.461 e. The predicted octanol–water partition coefficient (Wildman–Crippen LogP) is 1.74.